The van der Waals surface area contributed by atoms with Gasteiger partial charge >= 0.3 is 0 Å². The van der Waals surface area contributed by atoms with Crippen LogP contribution in [-0.4, -0.2) is 54.4 Å². The number of carbonyl (C=O) groups is 2. The lowest BCUT2D eigenvalue weighted by molar-refractivity contribution is -0.158. The van der Waals surface area contributed by atoms with Crippen LogP contribution in [0.1, 0.15) is 122 Å². The molecule has 6 N–H and O–H groups in total. The highest BCUT2D eigenvalue weighted by Crippen LogP contribution is 2.40. The number of ether oxygens (including phenoxy) is 2. The second-order valence-electron chi connectivity index (χ2n) is 17.2. The first-order chi connectivity index (χ1) is 26.3. The molecule has 2 saturated carbocycles. The summed E-state index contributed by atoms with van der Waals surface area (Å²) >= 11 is 0. The largest absolute Gasteiger partial charge is 0.364 e. The summed E-state index contributed by atoms with van der Waals surface area (Å²) in [5.74, 6) is 0.463. The van der Waals surface area contributed by atoms with Gasteiger partial charge in [-0.15, -0.1) is 0 Å². The zero-order chi connectivity index (χ0) is 39.5. The predicted octanol–water partition coefficient (Wildman–Crippen LogP) is 8.29. The minimum Gasteiger partial charge on any atom is -0.364 e. The fourth-order valence-corrected chi connectivity index (χ4v) is 9.03. The highest BCUT2D eigenvalue weighted by molar-refractivity contribution is 5.87. The number of hydrogen-bond donors (Lipinski definition) is 4. The number of nitrogens with two attached hydrogens (primary N) is 2. The van der Waals surface area contributed by atoms with Crippen molar-refractivity contribution >= 4 is 22.6 Å². The molecule has 0 heterocycles. The highest BCUT2D eigenvalue weighted by Gasteiger charge is 2.41. The Labute approximate surface area is 329 Å². The molecule has 0 aromatic heterocycles. The first-order valence-electron chi connectivity index (χ1n) is 20.9. The summed E-state index contributed by atoms with van der Waals surface area (Å²) < 4.78 is 26.3. The van der Waals surface area contributed by atoms with Crippen LogP contribution < -0.4 is 22.1 Å². The number of nitrogens with one attached hydrogen (secondary N) is 2. The highest BCUT2D eigenvalue weighted by atomic mass is 19.1. The smallest absolute Gasteiger partial charge is 0.251 e. The molecular formula is C46H67FN4O4. The van der Waals surface area contributed by atoms with E-state index in [9.17, 15) is 14.0 Å². The Morgan fingerprint density at radius 3 is 2.07 bits per heavy atom. The van der Waals surface area contributed by atoms with Gasteiger partial charge in [0, 0.05) is 18.6 Å². The Hall–Kier alpha value is -3.37. The lowest BCUT2D eigenvalue weighted by Crippen LogP contribution is -2.54. The summed E-state index contributed by atoms with van der Waals surface area (Å²) in [4.78, 5) is 27.5. The molecule has 3 aromatic carbocycles. The van der Waals surface area contributed by atoms with E-state index in [0.717, 1.165) is 66.8 Å². The molecule has 2 unspecified atom stereocenters. The van der Waals surface area contributed by atoms with Gasteiger partial charge in [0.1, 0.15) is 5.82 Å². The van der Waals surface area contributed by atoms with Crippen LogP contribution in [0, 0.1) is 23.6 Å². The number of amides is 2. The van der Waals surface area contributed by atoms with Gasteiger partial charge in [0.2, 0.25) is 0 Å². The second kappa shape index (κ2) is 20.2. The summed E-state index contributed by atoms with van der Waals surface area (Å²) in [6.45, 7) is 10.5. The number of benzene rings is 3. The Balaban J connectivity index is 1.19. The van der Waals surface area contributed by atoms with Crippen molar-refractivity contribution in [2.24, 2.45) is 29.2 Å². The summed E-state index contributed by atoms with van der Waals surface area (Å²) in [6, 6.07) is 19.7. The molecular weight excluding hydrogens is 692 g/mol. The Kier molecular flexibility index (Phi) is 15.7. The van der Waals surface area contributed by atoms with E-state index in [0.29, 0.717) is 31.2 Å². The number of halogens is 1. The van der Waals surface area contributed by atoms with E-state index in [2.05, 4.69) is 48.7 Å². The molecule has 5 atom stereocenters. The van der Waals surface area contributed by atoms with Crippen molar-refractivity contribution in [2.45, 2.75) is 154 Å². The average Bonchev–Trinajstić information content (AvgIpc) is 3.17. The van der Waals surface area contributed by atoms with Crippen LogP contribution in [-0.2, 0) is 25.5 Å². The molecule has 2 amide bonds. The molecule has 9 heteroatoms. The van der Waals surface area contributed by atoms with Crippen LogP contribution in [0.4, 0.5) is 4.39 Å². The molecule has 0 aliphatic heterocycles. The van der Waals surface area contributed by atoms with Crippen LogP contribution in [0.2, 0.25) is 0 Å². The molecule has 8 nitrogen and oxygen atoms in total. The van der Waals surface area contributed by atoms with Gasteiger partial charge in [-0.25, -0.2) is 4.39 Å². The van der Waals surface area contributed by atoms with Crippen LogP contribution in [0.3, 0.4) is 0 Å². The fourth-order valence-electron chi connectivity index (χ4n) is 9.03. The van der Waals surface area contributed by atoms with Crippen molar-refractivity contribution < 1.29 is 23.5 Å². The van der Waals surface area contributed by atoms with Gasteiger partial charge < -0.3 is 31.6 Å². The Morgan fingerprint density at radius 2 is 1.40 bits per heavy atom. The molecule has 55 heavy (non-hydrogen) atoms. The molecule has 2 aliphatic carbocycles. The van der Waals surface area contributed by atoms with Crippen molar-refractivity contribution in [3.8, 4) is 0 Å². The van der Waals surface area contributed by atoms with Crippen molar-refractivity contribution in [3.63, 3.8) is 0 Å². The quantitative estimate of drug-likeness (QED) is 0.103. The van der Waals surface area contributed by atoms with Crippen LogP contribution in [0.25, 0.3) is 10.8 Å². The fraction of sp³-hybridized carbons (Fsp3) is 0.609. The summed E-state index contributed by atoms with van der Waals surface area (Å²) in [5.41, 5.74) is 15.1. The standard InChI is InChI=1S/C46H67FN4O4/c1-30(2)54-42(44(52)50-27-26-32-20-24-37(47)25-21-32)40(48)29-34-18-22-36(23-19-34)46(4,5)55-43(41(49)28-33-12-7-6-8-13-33)45(53)51-31(3)38-17-11-15-35-14-9-10-16-39(35)38/h9-11,14-17,20-21,24-25,30-31,33-34,36,40-43H,6-8,12-13,18-19,22-23,26-29,48-49H2,1-5H3,(H,50,52)(H,51,53)/t31-,34?,36?,40+,41+,42?,43?/m0/s1. The SMILES string of the molecule is CC(C)OC(C(=O)NCCc1ccc(F)cc1)[C@H](N)CC1CCC(C(C)(C)OC(C(=O)N[C@@H](C)c2cccc3ccccc23)[C@H](N)CC2CCCCC2)CC1. The van der Waals surface area contributed by atoms with Crippen molar-refractivity contribution in [2.75, 3.05) is 6.54 Å². The molecule has 5 rings (SSSR count). The van der Waals surface area contributed by atoms with Gasteiger partial charge in [0.15, 0.2) is 12.2 Å². The maximum Gasteiger partial charge on any atom is 0.251 e. The summed E-state index contributed by atoms with van der Waals surface area (Å²) in [7, 11) is 0. The second-order valence-corrected chi connectivity index (χ2v) is 17.2. The van der Waals surface area contributed by atoms with Crippen LogP contribution >= 0.6 is 0 Å². The third kappa shape index (κ3) is 12.3. The summed E-state index contributed by atoms with van der Waals surface area (Å²) in [6.07, 6.45) is 10.2. The van der Waals surface area contributed by atoms with Crippen molar-refractivity contribution in [1.29, 1.82) is 0 Å². The van der Waals surface area contributed by atoms with E-state index in [-0.39, 0.29) is 35.7 Å². The zero-order valence-electron chi connectivity index (χ0n) is 33.9. The first-order valence-corrected chi connectivity index (χ1v) is 20.9. The van der Waals surface area contributed by atoms with E-state index in [1.54, 1.807) is 12.1 Å². The molecule has 0 saturated heterocycles. The van der Waals surface area contributed by atoms with E-state index < -0.39 is 29.9 Å². The average molecular weight is 759 g/mol. The maximum absolute atomic E-state index is 14.2. The number of carbonyl (C=O) groups excluding carboxylic acids is 2. The normalized spacial score (nSPS) is 21.1. The maximum atomic E-state index is 14.2. The zero-order valence-corrected chi connectivity index (χ0v) is 33.9. The summed E-state index contributed by atoms with van der Waals surface area (Å²) in [5, 5.41) is 8.56. The molecule has 0 spiro atoms. The minimum absolute atomic E-state index is 0.149. The lowest BCUT2D eigenvalue weighted by atomic mass is 9.73. The first kappa shape index (κ1) is 42.8. The molecule has 2 aliphatic rings. The minimum atomic E-state index is -0.768. The van der Waals surface area contributed by atoms with Gasteiger partial charge in [-0.2, -0.15) is 0 Å². The van der Waals surface area contributed by atoms with E-state index in [1.165, 1.54) is 31.4 Å². The van der Waals surface area contributed by atoms with Gasteiger partial charge in [-0.3, -0.25) is 9.59 Å². The van der Waals surface area contributed by atoms with Crippen molar-refractivity contribution in [3.05, 3.63) is 83.7 Å². The van der Waals surface area contributed by atoms with E-state index >= 15 is 0 Å². The lowest BCUT2D eigenvalue weighted by Gasteiger charge is -2.43. The van der Waals surface area contributed by atoms with Gasteiger partial charge in [-0.1, -0.05) is 99.5 Å². The third-order valence-corrected chi connectivity index (χ3v) is 12.2. The Morgan fingerprint density at radius 1 is 0.782 bits per heavy atom. The topological polar surface area (TPSA) is 129 Å². The molecule has 0 bridgehead atoms. The Bertz CT molecular complexity index is 1650. The van der Waals surface area contributed by atoms with E-state index in [4.69, 9.17) is 20.9 Å². The number of hydrogen-bond acceptors (Lipinski definition) is 6. The molecule has 2 fully saturated rings. The van der Waals surface area contributed by atoms with Gasteiger partial charge in [0.25, 0.3) is 11.8 Å². The van der Waals surface area contributed by atoms with Gasteiger partial charge in [0.05, 0.1) is 17.7 Å². The third-order valence-electron chi connectivity index (χ3n) is 12.2. The molecule has 302 valence electrons. The predicted molar refractivity (Wildman–Crippen MR) is 220 cm³/mol. The van der Waals surface area contributed by atoms with Crippen LogP contribution in [0.15, 0.2) is 66.7 Å². The number of fused-ring (bicyclic) bond motifs is 1. The van der Waals surface area contributed by atoms with Crippen LogP contribution in [0.5, 0.6) is 0 Å². The van der Waals surface area contributed by atoms with Crippen molar-refractivity contribution in [1.82, 2.24) is 10.6 Å². The van der Waals surface area contributed by atoms with E-state index in [1.807, 2.05) is 39.0 Å². The molecule has 3 aromatic rings. The monoisotopic (exact) mass is 759 g/mol. The van der Waals surface area contributed by atoms with Gasteiger partial charge in [-0.05, 0) is 119 Å². The number of rotatable bonds is 18. The molecule has 0 radical (unpaired) electrons.